The first kappa shape index (κ1) is 16.1. The molecule has 0 aliphatic carbocycles. The Morgan fingerprint density at radius 1 is 1.35 bits per heavy atom. The highest BCUT2D eigenvalue weighted by atomic mass is 16.6. The third kappa shape index (κ3) is 4.13. The lowest BCUT2D eigenvalue weighted by molar-refractivity contribution is -0.389. The van der Waals surface area contributed by atoms with Crippen molar-refractivity contribution >= 4 is 17.7 Å². The number of nitrogens with one attached hydrogen (secondary N) is 1. The van der Waals surface area contributed by atoms with E-state index in [1.807, 2.05) is 0 Å². The second-order valence-corrected chi connectivity index (χ2v) is 4.81. The summed E-state index contributed by atoms with van der Waals surface area (Å²) in [6.07, 6.45) is 1.48. The maximum Gasteiger partial charge on any atom is 0.363 e. The number of aromatic nitrogens is 2. The number of nitrogens with zero attached hydrogens (tertiary/aromatic N) is 4. The van der Waals surface area contributed by atoms with Crippen molar-refractivity contribution < 1.29 is 14.5 Å². The average molecular weight is 317 g/mol. The third-order valence-electron chi connectivity index (χ3n) is 2.81. The number of amides is 2. The summed E-state index contributed by atoms with van der Waals surface area (Å²) in [7, 11) is 3.23. The summed E-state index contributed by atoms with van der Waals surface area (Å²) in [6, 6.07) is 5.56. The number of nitro groups is 1. The van der Waals surface area contributed by atoms with Crippen molar-refractivity contribution in [2.45, 2.75) is 6.92 Å². The van der Waals surface area contributed by atoms with Gasteiger partial charge in [-0.25, -0.2) is 9.78 Å². The van der Waals surface area contributed by atoms with Crippen LogP contribution < -0.4 is 10.1 Å². The summed E-state index contributed by atoms with van der Waals surface area (Å²) in [4.78, 5) is 30.9. The lowest BCUT2D eigenvalue weighted by Gasteiger charge is -2.12. The number of urea groups is 1. The molecule has 2 aromatic rings. The van der Waals surface area contributed by atoms with Crippen LogP contribution in [0.2, 0.25) is 0 Å². The quantitative estimate of drug-likeness (QED) is 0.685. The van der Waals surface area contributed by atoms with Gasteiger partial charge in [0.2, 0.25) is 0 Å². The normalized spacial score (nSPS) is 10.0. The third-order valence-corrected chi connectivity index (χ3v) is 2.81. The molecular weight excluding hydrogens is 302 g/mol. The number of carbonyl (C=O) groups excluding carboxylic acids is 1. The predicted octanol–water partition coefficient (Wildman–Crippen LogP) is 2.58. The molecule has 1 N–H and O–H groups in total. The average Bonchev–Trinajstić information content (AvgIpc) is 2.49. The molecule has 9 heteroatoms. The topological polar surface area (TPSA) is 110 Å². The first-order chi connectivity index (χ1) is 10.9. The molecule has 0 radical (unpaired) electrons. The van der Waals surface area contributed by atoms with Gasteiger partial charge in [0.15, 0.2) is 11.4 Å². The molecule has 0 bridgehead atoms. The minimum absolute atomic E-state index is 0.247. The molecule has 9 nitrogen and oxygen atoms in total. The number of hydrogen-bond donors (Lipinski definition) is 1. The number of carbonyl (C=O) groups is 1. The van der Waals surface area contributed by atoms with Crippen LogP contribution in [-0.4, -0.2) is 39.9 Å². The van der Waals surface area contributed by atoms with Crippen LogP contribution in [0.1, 0.15) is 5.69 Å². The Balaban J connectivity index is 2.17. The maximum atomic E-state index is 11.6. The fourth-order valence-corrected chi connectivity index (χ4v) is 1.64. The molecule has 2 rings (SSSR count). The van der Waals surface area contributed by atoms with Crippen LogP contribution in [0.5, 0.6) is 11.5 Å². The Bertz CT molecular complexity index is 748. The molecule has 0 aliphatic heterocycles. The fraction of sp³-hybridized carbons (Fsp3) is 0.214. The molecule has 0 spiro atoms. The van der Waals surface area contributed by atoms with Gasteiger partial charge in [-0.2, -0.15) is 0 Å². The molecule has 2 amide bonds. The van der Waals surface area contributed by atoms with Gasteiger partial charge >= 0.3 is 11.8 Å². The Morgan fingerprint density at radius 2 is 2.09 bits per heavy atom. The molecule has 0 aliphatic rings. The zero-order chi connectivity index (χ0) is 17.0. The van der Waals surface area contributed by atoms with Gasteiger partial charge in [0.05, 0.1) is 0 Å². The zero-order valence-electron chi connectivity index (χ0n) is 12.8. The monoisotopic (exact) mass is 317 g/mol. The smallest absolute Gasteiger partial charge is 0.363 e. The summed E-state index contributed by atoms with van der Waals surface area (Å²) >= 11 is 0. The maximum absolute atomic E-state index is 11.6. The molecule has 2 aromatic heterocycles. The minimum Gasteiger partial charge on any atom is -0.453 e. The molecule has 0 aromatic carbocycles. The molecule has 0 saturated carbocycles. The summed E-state index contributed by atoms with van der Waals surface area (Å²) < 4.78 is 5.64. The standard InChI is InChI=1S/C14H15N5O4/c1-9-11(4-5-13(16-9)19(21)22)23-10-6-7-15-12(8-10)17-14(20)18(2)3/h4-8H,1-3H3,(H,15,17,20). The van der Waals surface area contributed by atoms with Crippen molar-refractivity contribution in [3.63, 3.8) is 0 Å². The van der Waals surface area contributed by atoms with Gasteiger partial charge in [0.25, 0.3) is 0 Å². The first-order valence-electron chi connectivity index (χ1n) is 6.61. The van der Waals surface area contributed by atoms with E-state index in [1.165, 1.54) is 23.2 Å². The van der Waals surface area contributed by atoms with Gasteiger partial charge in [-0.3, -0.25) is 5.32 Å². The summed E-state index contributed by atoms with van der Waals surface area (Å²) in [5.74, 6) is 0.886. The van der Waals surface area contributed by atoms with E-state index in [9.17, 15) is 14.9 Å². The second kappa shape index (κ2) is 6.69. The van der Waals surface area contributed by atoms with E-state index in [0.29, 0.717) is 23.0 Å². The van der Waals surface area contributed by atoms with Crippen LogP contribution in [0.3, 0.4) is 0 Å². The Labute approximate surface area is 132 Å². The second-order valence-electron chi connectivity index (χ2n) is 4.81. The van der Waals surface area contributed by atoms with Crippen LogP contribution in [0.4, 0.5) is 16.4 Å². The van der Waals surface area contributed by atoms with Gasteiger partial charge < -0.3 is 19.8 Å². The number of ether oxygens (including phenoxy) is 1. The summed E-state index contributed by atoms with van der Waals surface area (Å²) in [6.45, 7) is 1.61. The molecule has 0 fully saturated rings. The number of aryl methyl sites for hydroxylation is 1. The van der Waals surface area contributed by atoms with Gasteiger partial charge in [-0.15, -0.1) is 0 Å². The fourth-order valence-electron chi connectivity index (χ4n) is 1.64. The lowest BCUT2D eigenvalue weighted by atomic mass is 10.3. The Hall–Kier alpha value is -3.23. The van der Waals surface area contributed by atoms with Crippen molar-refractivity contribution in [1.29, 1.82) is 0 Å². The van der Waals surface area contributed by atoms with Gasteiger partial charge in [-0.1, -0.05) is 0 Å². The van der Waals surface area contributed by atoms with Gasteiger partial charge in [-0.05, 0) is 22.0 Å². The molecule has 23 heavy (non-hydrogen) atoms. The van der Waals surface area contributed by atoms with Crippen molar-refractivity contribution in [2.75, 3.05) is 19.4 Å². The Morgan fingerprint density at radius 3 is 2.70 bits per heavy atom. The summed E-state index contributed by atoms with van der Waals surface area (Å²) in [5, 5.41) is 13.3. The van der Waals surface area contributed by atoms with E-state index in [1.54, 1.807) is 33.2 Å². The van der Waals surface area contributed by atoms with Crippen molar-refractivity contribution in [3.8, 4) is 11.5 Å². The molecule has 0 atom stereocenters. The van der Waals surface area contributed by atoms with E-state index in [0.717, 1.165) is 0 Å². The van der Waals surface area contributed by atoms with E-state index in [4.69, 9.17) is 4.74 Å². The number of hydrogen-bond acceptors (Lipinski definition) is 6. The SMILES string of the molecule is Cc1nc([N+](=O)[O-])ccc1Oc1ccnc(NC(=O)N(C)C)c1. The lowest BCUT2D eigenvalue weighted by Crippen LogP contribution is -2.27. The van der Waals surface area contributed by atoms with Crippen molar-refractivity contribution in [3.05, 3.63) is 46.3 Å². The van der Waals surface area contributed by atoms with Crippen LogP contribution in [-0.2, 0) is 0 Å². The van der Waals surface area contributed by atoms with E-state index < -0.39 is 4.92 Å². The predicted molar refractivity (Wildman–Crippen MR) is 82.6 cm³/mol. The van der Waals surface area contributed by atoms with Crippen LogP contribution >= 0.6 is 0 Å². The molecule has 120 valence electrons. The zero-order valence-corrected chi connectivity index (χ0v) is 12.8. The largest absolute Gasteiger partial charge is 0.453 e. The number of rotatable bonds is 4. The summed E-state index contributed by atoms with van der Waals surface area (Å²) in [5.41, 5.74) is 0.384. The number of anilines is 1. The molecule has 0 unspecified atom stereocenters. The van der Waals surface area contributed by atoms with Crippen molar-refractivity contribution in [2.24, 2.45) is 0 Å². The molecule has 0 saturated heterocycles. The number of pyridine rings is 2. The van der Waals surface area contributed by atoms with Crippen LogP contribution in [0, 0.1) is 17.0 Å². The highest BCUT2D eigenvalue weighted by Gasteiger charge is 2.14. The highest BCUT2D eigenvalue weighted by Crippen LogP contribution is 2.26. The van der Waals surface area contributed by atoms with Crippen LogP contribution in [0.15, 0.2) is 30.5 Å². The van der Waals surface area contributed by atoms with Crippen molar-refractivity contribution in [1.82, 2.24) is 14.9 Å². The molecule has 2 heterocycles. The van der Waals surface area contributed by atoms with E-state index >= 15 is 0 Å². The van der Waals surface area contributed by atoms with E-state index in [2.05, 4.69) is 15.3 Å². The first-order valence-corrected chi connectivity index (χ1v) is 6.61. The van der Waals surface area contributed by atoms with Crippen LogP contribution in [0.25, 0.3) is 0 Å². The minimum atomic E-state index is -0.571. The molecular formula is C14H15N5O4. The van der Waals surface area contributed by atoms with Gasteiger partial charge in [0.1, 0.15) is 11.6 Å². The Kier molecular flexibility index (Phi) is 4.69. The highest BCUT2D eigenvalue weighted by molar-refractivity contribution is 5.88. The van der Waals surface area contributed by atoms with E-state index in [-0.39, 0.29) is 11.8 Å². The van der Waals surface area contributed by atoms with Gasteiger partial charge in [0, 0.05) is 39.3 Å².